The number of aromatic nitrogens is 1. The Morgan fingerprint density at radius 3 is 2.38 bits per heavy atom. The van der Waals surface area contributed by atoms with Crippen molar-refractivity contribution in [3.05, 3.63) is 40.7 Å². The Bertz CT molecular complexity index is 918. The third-order valence-corrected chi connectivity index (χ3v) is 4.14. The summed E-state index contributed by atoms with van der Waals surface area (Å²) in [6.45, 7) is 4.62. The Kier molecular flexibility index (Phi) is 7.24. The van der Waals surface area contributed by atoms with Crippen LogP contribution in [0.4, 0.5) is 5.69 Å². The molecule has 0 fully saturated rings. The van der Waals surface area contributed by atoms with Gasteiger partial charge in [-0.3, -0.25) is 4.79 Å². The summed E-state index contributed by atoms with van der Waals surface area (Å²) in [6, 6.07) is 4.92. The normalized spacial score (nSPS) is 10.2. The Balaban J connectivity index is 2.06. The van der Waals surface area contributed by atoms with Gasteiger partial charge in [0.15, 0.2) is 6.61 Å². The van der Waals surface area contributed by atoms with Crippen LogP contribution in [0.15, 0.2) is 18.2 Å². The van der Waals surface area contributed by atoms with E-state index in [2.05, 4.69) is 10.3 Å². The summed E-state index contributed by atoms with van der Waals surface area (Å²) in [5.41, 5.74) is 1.61. The van der Waals surface area contributed by atoms with Crippen LogP contribution in [-0.4, -0.2) is 50.3 Å². The highest BCUT2D eigenvalue weighted by atomic mass is 16.5. The highest BCUT2D eigenvalue weighted by Crippen LogP contribution is 2.28. The van der Waals surface area contributed by atoms with Gasteiger partial charge in [-0.1, -0.05) is 0 Å². The van der Waals surface area contributed by atoms with E-state index in [9.17, 15) is 14.4 Å². The molecule has 0 aliphatic carbocycles. The van der Waals surface area contributed by atoms with Gasteiger partial charge >= 0.3 is 11.9 Å². The minimum Gasteiger partial charge on any atom is -0.497 e. The number of esters is 2. The zero-order chi connectivity index (χ0) is 21.6. The van der Waals surface area contributed by atoms with Crippen LogP contribution in [0.3, 0.4) is 0 Å². The number of benzene rings is 1. The first kappa shape index (κ1) is 21.8. The number of rotatable bonds is 8. The summed E-state index contributed by atoms with van der Waals surface area (Å²) in [6.07, 6.45) is 0. The maximum Gasteiger partial charge on any atom is 0.355 e. The summed E-state index contributed by atoms with van der Waals surface area (Å²) in [5.74, 6) is -0.874. The second kappa shape index (κ2) is 9.63. The molecular formula is C20H24N2O7. The number of ether oxygens (including phenoxy) is 4. The van der Waals surface area contributed by atoms with Crippen molar-refractivity contribution in [2.45, 2.75) is 20.8 Å². The van der Waals surface area contributed by atoms with Crippen molar-refractivity contribution in [1.82, 2.24) is 4.98 Å². The summed E-state index contributed by atoms with van der Waals surface area (Å²) in [4.78, 5) is 39.4. The molecule has 0 radical (unpaired) electrons. The van der Waals surface area contributed by atoms with E-state index in [1.54, 1.807) is 39.0 Å². The Morgan fingerprint density at radius 1 is 1.03 bits per heavy atom. The highest BCUT2D eigenvalue weighted by molar-refractivity contribution is 6.00. The summed E-state index contributed by atoms with van der Waals surface area (Å²) < 4.78 is 20.4. The fourth-order valence-electron chi connectivity index (χ4n) is 2.76. The van der Waals surface area contributed by atoms with Gasteiger partial charge in [-0.2, -0.15) is 0 Å². The molecule has 29 heavy (non-hydrogen) atoms. The molecule has 156 valence electrons. The molecule has 1 aromatic heterocycles. The fourth-order valence-corrected chi connectivity index (χ4v) is 2.76. The monoisotopic (exact) mass is 404 g/mol. The van der Waals surface area contributed by atoms with Crippen LogP contribution in [-0.2, 0) is 14.3 Å². The molecule has 0 unspecified atom stereocenters. The maximum absolute atomic E-state index is 12.4. The van der Waals surface area contributed by atoms with Gasteiger partial charge in [0, 0.05) is 11.8 Å². The van der Waals surface area contributed by atoms with Crippen molar-refractivity contribution in [2.75, 3.05) is 32.8 Å². The second-order valence-corrected chi connectivity index (χ2v) is 6.04. The molecule has 2 aromatic rings. The molecular weight excluding hydrogens is 380 g/mol. The summed E-state index contributed by atoms with van der Waals surface area (Å²) >= 11 is 0. The molecule has 0 spiro atoms. The lowest BCUT2D eigenvalue weighted by Crippen LogP contribution is -2.21. The van der Waals surface area contributed by atoms with E-state index in [4.69, 9.17) is 18.9 Å². The summed E-state index contributed by atoms with van der Waals surface area (Å²) in [5, 5.41) is 2.61. The van der Waals surface area contributed by atoms with E-state index in [1.165, 1.54) is 14.2 Å². The van der Waals surface area contributed by atoms with Crippen LogP contribution in [0.2, 0.25) is 0 Å². The van der Waals surface area contributed by atoms with Gasteiger partial charge in [-0.15, -0.1) is 0 Å². The number of aromatic amines is 1. The number of hydrogen-bond acceptors (Lipinski definition) is 7. The number of H-pyrrole nitrogens is 1. The lowest BCUT2D eigenvalue weighted by molar-refractivity contribution is -0.119. The molecule has 0 atom stereocenters. The van der Waals surface area contributed by atoms with Gasteiger partial charge in [0.2, 0.25) is 0 Å². The van der Waals surface area contributed by atoms with Crippen LogP contribution < -0.4 is 14.8 Å². The van der Waals surface area contributed by atoms with Crippen LogP contribution >= 0.6 is 0 Å². The molecule has 0 saturated heterocycles. The lowest BCUT2D eigenvalue weighted by atomic mass is 10.1. The molecule has 1 aromatic carbocycles. The maximum atomic E-state index is 12.4. The highest BCUT2D eigenvalue weighted by Gasteiger charge is 2.24. The zero-order valence-corrected chi connectivity index (χ0v) is 17.0. The van der Waals surface area contributed by atoms with Crippen LogP contribution in [0.25, 0.3) is 0 Å². The second-order valence-electron chi connectivity index (χ2n) is 6.04. The van der Waals surface area contributed by atoms with Gasteiger partial charge in [-0.25, -0.2) is 9.59 Å². The summed E-state index contributed by atoms with van der Waals surface area (Å²) in [7, 11) is 2.97. The molecule has 0 aliphatic heterocycles. The minimum absolute atomic E-state index is 0.182. The van der Waals surface area contributed by atoms with Crippen LogP contribution in [0, 0.1) is 13.8 Å². The van der Waals surface area contributed by atoms with E-state index in [1.807, 2.05) is 0 Å². The predicted octanol–water partition coefficient (Wildman–Crippen LogP) is 2.62. The van der Waals surface area contributed by atoms with Crippen LogP contribution in [0.5, 0.6) is 11.5 Å². The predicted molar refractivity (Wildman–Crippen MR) is 105 cm³/mol. The molecule has 0 bridgehead atoms. The molecule has 2 N–H and O–H groups in total. The number of carbonyl (C=O) groups is 3. The van der Waals surface area contributed by atoms with Gasteiger partial charge in [-0.05, 0) is 38.5 Å². The SMILES string of the molecule is CCOC(=O)c1[nH]c(C)c(C(=O)OCC(=O)Nc2cc(OC)ccc2OC)c1C. The minimum atomic E-state index is -0.723. The van der Waals surface area contributed by atoms with Crippen molar-refractivity contribution in [1.29, 1.82) is 0 Å². The standard InChI is InChI=1S/C20H24N2O7/c1-6-28-20(25)18-11(2)17(12(3)21-18)19(24)29-10-16(23)22-14-9-13(26-4)7-8-15(14)27-5/h7-9,21H,6,10H2,1-5H3,(H,22,23). The zero-order valence-electron chi connectivity index (χ0n) is 17.0. The van der Waals surface area contributed by atoms with E-state index >= 15 is 0 Å². The molecule has 9 heteroatoms. The number of hydrogen-bond donors (Lipinski definition) is 2. The van der Waals surface area contributed by atoms with Crippen LogP contribution in [0.1, 0.15) is 39.0 Å². The quantitative estimate of drug-likeness (QED) is 0.650. The van der Waals surface area contributed by atoms with Gasteiger partial charge in [0.1, 0.15) is 17.2 Å². The third-order valence-electron chi connectivity index (χ3n) is 4.14. The Hall–Kier alpha value is -3.49. The van der Waals surface area contributed by atoms with E-state index in [-0.39, 0.29) is 17.9 Å². The van der Waals surface area contributed by atoms with E-state index in [0.717, 1.165) is 0 Å². The number of aryl methyl sites for hydroxylation is 1. The van der Waals surface area contributed by atoms with Gasteiger partial charge < -0.3 is 29.2 Å². The largest absolute Gasteiger partial charge is 0.497 e. The lowest BCUT2D eigenvalue weighted by Gasteiger charge is -2.12. The molecule has 9 nitrogen and oxygen atoms in total. The number of amides is 1. The van der Waals surface area contributed by atoms with Crippen molar-refractivity contribution >= 4 is 23.5 Å². The number of methoxy groups -OCH3 is 2. The fraction of sp³-hybridized carbons (Fsp3) is 0.350. The van der Waals surface area contributed by atoms with Crippen molar-refractivity contribution in [3.8, 4) is 11.5 Å². The molecule has 1 heterocycles. The molecule has 1 amide bonds. The Morgan fingerprint density at radius 2 is 1.76 bits per heavy atom. The average molecular weight is 404 g/mol. The Labute approximate surface area is 168 Å². The first-order valence-electron chi connectivity index (χ1n) is 8.87. The average Bonchev–Trinajstić information content (AvgIpc) is 3.00. The van der Waals surface area contributed by atoms with Crippen molar-refractivity contribution in [3.63, 3.8) is 0 Å². The smallest absolute Gasteiger partial charge is 0.355 e. The molecule has 0 aliphatic rings. The van der Waals surface area contributed by atoms with Crippen molar-refractivity contribution < 1.29 is 33.3 Å². The van der Waals surface area contributed by atoms with E-state index in [0.29, 0.717) is 28.4 Å². The number of nitrogens with one attached hydrogen (secondary N) is 2. The first-order valence-corrected chi connectivity index (χ1v) is 8.87. The van der Waals surface area contributed by atoms with Gasteiger partial charge in [0.05, 0.1) is 32.1 Å². The third kappa shape index (κ3) is 5.07. The van der Waals surface area contributed by atoms with Crippen molar-refractivity contribution in [2.24, 2.45) is 0 Å². The van der Waals surface area contributed by atoms with Gasteiger partial charge in [0.25, 0.3) is 5.91 Å². The number of carbonyl (C=O) groups excluding carboxylic acids is 3. The number of anilines is 1. The van der Waals surface area contributed by atoms with E-state index < -0.39 is 24.5 Å². The molecule has 0 saturated carbocycles. The first-order chi connectivity index (χ1) is 13.8. The topological polar surface area (TPSA) is 116 Å². The molecule has 2 rings (SSSR count).